The molecule has 1 amide bonds. The van der Waals surface area contributed by atoms with E-state index in [1.807, 2.05) is 63.2 Å². The maximum absolute atomic E-state index is 12.4. The average molecular weight is 435 g/mol. The van der Waals surface area contributed by atoms with E-state index in [2.05, 4.69) is 44.5 Å². The molecule has 1 atom stereocenters. The maximum atomic E-state index is 12.4. The molecule has 0 aliphatic carbocycles. The van der Waals surface area contributed by atoms with Gasteiger partial charge in [-0.05, 0) is 72.2 Å². The molecular weight excluding hydrogens is 413 g/mol. The molecule has 5 heteroatoms. The van der Waals surface area contributed by atoms with Crippen LogP contribution in [0.5, 0.6) is 0 Å². The number of aryl methyl sites for hydroxylation is 1. The zero-order valence-electron chi connectivity index (χ0n) is 14.1. The topological polar surface area (TPSA) is 53.5 Å². The van der Waals surface area contributed by atoms with Gasteiger partial charge in [-0.25, -0.2) is 5.43 Å². The fourth-order valence-electron chi connectivity index (χ4n) is 2.29. The third-order valence-corrected chi connectivity index (χ3v) is 4.44. The summed E-state index contributed by atoms with van der Waals surface area (Å²) in [6.07, 6.45) is 0.678. The van der Waals surface area contributed by atoms with Crippen molar-refractivity contribution in [2.45, 2.75) is 33.2 Å². The monoisotopic (exact) mass is 435 g/mol. The fraction of sp³-hybridized carbons (Fsp3) is 0.263. The summed E-state index contributed by atoms with van der Waals surface area (Å²) in [5, 5.41) is 7.52. The van der Waals surface area contributed by atoms with Crippen molar-refractivity contribution in [3.63, 3.8) is 0 Å². The Balaban J connectivity index is 2.03. The van der Waals surface area contributed by atoms with Gasteiger partial charge in [-0.2, -0.15) is 5.10 Å². The highest BCUT2D eigenvalue weighted by molar-refractivity contribution is 14.1. The van der Waals surface area contributed by atoms with Crippen molar-refractivity contribution in [3.8, 4) is 0 Å². The molecule has 0 aliphatic rings. The average Bonchev–Trinajstić information content (AvgIpc) is 2.59. The molecule has 2 N–H and O–H groups in total. The summed E-state index contributed by atoms with van der Waals surface area (Å²) in [7, 11) is 0. The lowest BCUT2D eigenvalue weighted by atomic mass is 10.1. The van der Waals surface area contributed by atoms with Gasteiger partial charge in [0.25, 0.3) is 5.91 Å². The largest absolute Gasteiger partial charge is 0.373 e. The lowest BCUT2D eigenvalue weighted by molar-refractivity contribution is -0.121. The standard InChI is InChI=1S/C19H22IN3O/c1-4-17(21-18-11-10-16(20)12-13(18)2)19(24)23-22-14(3)15-8-6-5-7-9-15/h5-12,17,21H,4H2,1-3H3,(H,23,24)/t17-/m1/s1. The molecule has 0 aromatic heterocycles. The van der Waals surface area contributed by atoms with Crippen LogP contribution >= 0.6 is 22.6 Å². The van der Waals surface area contributed by atoms with Crippen LogP contribution in [0, 0.1) is 10.5 Å². The number of amides is 1. The van der Waals surface area contributed by atoms with Crippen LogP contribution < -0.4 is 10.7 Å². The lowest BCUT2D eigenvalue weighted by Gasteiger charge is -2.18. The van der Waals surface area contributed by atoms with E-state index < -0.39 is 0 Å². The smallest absolute Gasteiger partial charge is 0.262 e. The number of nitrogens with one attached hydrogen (secondary N) is 2. The summed E-state index contributed by atoms with van der Waals surface area (Å²) in [4.78, 5) is 12.4. The van der Waals surface area contributed by atoms with Gasteiger partial charge >= 0.3 is 0 Å². The Labute approximate surface area is 156 Å². The van der Waals surface area contributed by atoms with Crippen molar-refractivity contribution < 1.29 is 4.79 Å². The quantitative estimate of drug-likeness (QED) is 0.403. The Morgan fingerprint density at radius 2 is 1.92 bits per heavy atom. The van der Waals surface area contributed by atoms with Crippen molar-refractivity contribution in [2.75, 3.05) is 5.32 Å². The molecule has 2 aromatic carbocycles. The molecule has 0 fully saturated rings. The first-order valence-corrected chi connectivity index (χ1v) is 9.01. The summed E-state index contributed by atoms with van der Waals surface area (Å²) < 4.78 is 1.18. The minimum absolute atomic E-state index is 0.134. The van der Waals surface area contributed by atoms with Crippen LogP contribution in [-0.2, 0) is 4.79 Å². The number of nitrogens with zero attached hydrogens (tertiary/aromatic N) is 1. The molecule has 4 nitrogen and oxygen atoms in total. The maximum Gasteiger partial charge on any atom is 0.262 e. The lowest BCUT2D eigenvalue weighted by Crippen LogP contribution is -2.37. The second-order valence-corrected chi connectivity index (χ2v) is 6.85. The highest BCUT2D eigenvalue weighted by Gasteiger charge is 2.16. The van der Waals surface area contributed by atoms with Crippen LogP contribution in [0.2, 0.25) is 0 Å². The van der Waals surface area contributed by atoms with Crippen LogP contribution in [0.25, 0.3) is 0 Å². The van der Waals surface area contributed by atoms with Crippen molar-refractivity contribution in [2.24, 2.45) is 5.10 Å². The van der Waals surface area contributed by atoms with Crippen LogP contribution in [-0.4, -0.2) is 17.7 Å². The van der Waals surface area contributed by atoms with Gasteiger partial charge in [0.05, 0.1) is 5.71 Å². The van der Waals surface area contributed by atoms with Crippen LogP contribution in [0.3, 0.4) is 0 Å². The van der Waals surface area contributed by atoms with Crippen LogP contribution in [0.1, 0.15) is 31.4 Å². The van der Waals surface area contributed by atoms with E-state index in [1.165, 1.54) is 3.57 Å². The van der Waals surface area contributed by atoms with Crippen LogP contribution in [0.15, 0.2) is 53.6 Å². The summed E-state index contributed by atoms with van der Waals surface area (Å²) in [6, 6.07) is 15.6. The number of hydrogen-bond acceptors (Lipinski definition) is 3. The Morgan fingerprint density at radius 3 is 2.54 bits per heavy atom. The van der Waals surface area contributed by atoms with Gasteiger partial charge in [0.15, 0.2) is 0 Å². The number of carbonyl (C=O) groups excluding carboxylic acids is 1. The number of hydrazone groups is 1. The molecule has 0 aliphatic heterocycles. The summed E-state index contributed by atoms with van der Waals surface area (Å²) >= 11 is 2.28. The Bertz CT molecular complexity index is 729. The van der Waals surface area contributed by atoms with Gasteiger partial charge in [-0.1, -0.05) is 37.3 Å². The summed E-state index contributed by atoms with van der Waals surface area (Å²) in [5.41, 5.74) is 6.54. The molecular formula is C19H22IN3O. The molecule has 0 bridgehead atoms. The number of anilines is 1. The van der Waals surface area contributed by atoms with E-state index in [4.69, 9.17) is 0 Å². The number of halogens is 1. The van der Waals surface area contributed by atoms with Crippen molar-refractivity contribution in [3.05, 3.63) is 63.2 Å². The van der Waals surface area contributed by atoms with Gasteiger partial charge in [-0.15, -0.1) is 0 Å². The molecule has 0 spiro atoms. The molecule has 2 aromatic rings. The molecule has 24 heavy (non-hydrogen) atoms. The second kappa shape index (κ2) is 8.82. The van der Waals surface area contributed by atoms with Gasteiger partial charge in [0, 0.05) is 9.26 Å². The van der Waals surface area contributed by atoms with E-state index in [1.54, 1.807) is 0 Å². The van der Waals surface area contributed by atoms with Gasteiger partial charge < -0.3 is 5.32 Å². The predicted molar refractivity (Wildman–Crippen MR) is 108 cm³/mol. The first kappa shape index (κ1) is 18.4. The predicted octanol–water partition coefficient (Wildman–Crippen LogP) is 4.33. The molecule has 0 saturated carbocycles. The van der Waals surface area contributed by atoms with E-state index in [0.29, 0.717) is 6.42 Å². The first-order valence-electron chi connectivity index (χ1n) is 7.93. The van der Waals surface area contributed by atoms with Gasteiger partial charge in [0.1, 0.15) is 6.04 Å². The number of rotatable bonds is 6. The van der Waals surface area contributed by atoms with Gasteiger partial charge in [0.2, 0.25) is 0 Å². The third-order valence-electron chi connectivity index (χ3n) is 3.77. The minimum atomic E-state index is -0.323. The summed E-state index contributed by atoms with van der Waals surface area (Å²) in [5.74, 6) is -0.134. The first-order chi connectivity index (χ1) is 11.5. The van der Waals surface area contributed by atoms with Crippen LogP contribution in [0.4, 0.5) is 5.69 Å². The highest BCUT2D eigenvalue weighted by Crippen LogP contribution is 2.19. The number of hydrogen-bond donors (Lipinski definition) is 2. The Kier molecular flexibility index (Phi) is 6.78. The molecule has 2 rings (SSSR count). The van der Waals surface area contributed by atoms with E-state index in [0.717, 1.165) is 22.5 Å². The third kappa shape index (κ3) is 5.06. The molecule has 0 radical (unpaired) electrons. The second-order valence-electron chi connectivity index (χ2n) is 5.60. The Morgan fingerprint density at radius 1 is 1.21 bits per heavy atom. The zero-order chi connectivity index (χ0) is 17.5. The Hall–Kier alpha value is -1.89. The van der Waals surface area contributed by atoms with Crippen molar-refractivity contribution in [1.82, 2.24) is 5.43 Å². The van der Waals surface area contributed by atoms with Gasteiger partial charge in [-0.3, -0.25) is 4.79 Å². The number of benzene rings is 2. The van der Waals surface area contributed by atoms with E-state index >= 15 is 0 Å². The van der Waals surface area contributed by atoms with Crippen molar-refractivity contribution in [1.29, 1.82) is 0 Å². The normalized spacial score (nSPS) is 12.6. The van der Waals surface area contributed by atoms with Crippen molar-refractivity contribution >= 4 is 39.9 Å². The fourth-order valence-corrected chi connectivity index (χ4v) is 2.94. The van der Waals surface area contributed by atoms with E-state index in [-0.39, 0.29) is 11.9 Å². The van der Waals surface area contributed by atoms with E-state index in [9.17, 15) is 4.79 Å². The molecule has 0 heterocycles. The zero-order valence-corrected chi connectivity index (χ0v) is 16.3. The molecule has 126 valence electrons. The molecule has 0 saturated heterocycles. The minimum Gasteiger partial charge on any atom is -0.373 e. The molecule has 0 unspecified atom stereocenters. The highest BCUT2D eigenvalue weighted by atomic mass is 127. The SMILES string of the molecule is CC[C@@H](Nc1ccc(I)cc1C)C(=O)NN=C(C)c1ccccc1. The summed E-state index contributed by atoms with van der Waals surface area (Å²) in [6.45, 7) is 5.90. The number of carbonyl (C=O) groups is 1.